The summed E-state index contributed by atoms with van der Waals surface area (Å²) in [6, 6.07) is 3.59. The molecule has 1 heterocycles. The maximum absolute atomic E-state index is 11.0. The van der Waals surface area contributed by atoms with Crippen molar-refractivity contribution in [3.05, 3.63) is 33.3 Å². The first-order valence-corrected chi connectivity index (χ1v) is 6.67. The van der Waals surface area contributed by atoms with Gasteiger partial charge in [-0.15, -0.1) is 4.91 Å². The van der Waals surface area contributed by atoms with E-state index in [-0.39, 0.29) is 0 Å². The first-order chi connectivity index (χ1) is 8.76. The van der Waals surface area contributed by atoms with Gasteiger partial charge < -0.3 is 9.64 Å². The van der Waals surface area contributed by atoms with Gasteiger partial charge in [-0.1, -0.05) is 15.9 Å². The van der Waals surface area contributed by atoms with Gasteiger partial charge >= 0.3 is 0 Å². The zero-order chi connectivity index (χ0) is 13.0. The van der Waals surface area contributed by atoms with Crippen molar-refractivity contribution < 1.29 is 4.74 Å². The van der Waals surface area contributed by atoms with Crippen molar-refractivity contribution in [3.63, 3.8) is 0 Å². The number of likely N-dealkylation sites (tertiary alicyclic amines) is 1. The number of methoxy groups -OCH3 is 1. The van der Waals surface area contributed by atoms with Crippen molar-refractivity contribution >= 4 is 27.7 Å². The molecule has 1 aliphatic rings. The van der Waals surface area contributed by atoms with Crippen LogP contribution >= 0.6 is 15.9 Å². The Morgan fingerprint density at radius 1 is 1.39 bits per heavy atom. The van der Waals surface area contributed by atoms with Gasteiger partial charge in [-0.3, -0.25) is 0 Å². The number of halogens is 1. The molecule has 0 aliphatic carbocycles. The zero-order valence-corrected chi connectivity index (χ0v) is 11.8. The molecule has 18 heavy (non-hydrogen) atoms. The van der Waals surface area contributed by atoms with Crippen LogP contribution in [0, 0.1) is 4.91 Å². The fourth-order valence-electron chi connectivity index (χ4n) is 2.05. The molecule has 96 valence electrons. The molecule has 1 aliphatic heterocycles. The molecule has 0 N–H and O–H groups in total. The van der Waals surface area contributed by atoms with Crippen molar-refractivity contribution in [1.29, 1.82) is 0 Å². The lowest BCUT2D eigenvalue weighted by molar-refractivity contribution is 0.416. The molecule has 1 saturated heterocycles. The van der Waals surface area contributed by atoms with Crippen LogP contribution < -0.4 is 4.74 Å². The van der Waals surface area contributed by atoms with Crippen molar-refractivity contribution in [2.24, 2.45) is 5.18 Å². The van der Waals surface area contributed by atoms with Crippen LogP contribution in [0.1, 0.15) is 18.4 Å². The minimum atomic E-state index is 0.335. The molecule has 0 unspecified atom stereocenters. The van der Waals surface area contributed by atoms with Gasteiger partial charge in [0.05, 0.1) is 7.11 Å². The molecular weight excluding hydrogens is 296 g/mol. The normalized spacial score (nSPS) is 15.3. The predicted molar refractivity (Wildman–Crippen MR) is 76.0 cm³/mol. The number of nitroso groups, excluding NO2 is 1. The Kier molecular flexibility index (Phi) is 4.36. The number of hydrogen-bond donors (Lipinski definition) is 0. The molecule has 0 saturated carbocycles. The van der Waals surface area contributed by atoms with Gasteiger partial charge in [-0.25, -0.2) is 0 Å². The molecule has 0 amide bonds. The summed E-state index contributed by atoms with van der Waals surface area (Å²) >= 11 is 3.44. The lowest BCUT2D eigenvalue weighted by Gasteiger charge is -2.12. The average Bonchev–Trinajstić information content (AvgIpc) is 2.90. The summed E-state index contributed by atoms with van der Waals surface area (Å²) in [6.45, 7) is 2.14. The lowest BCUT2D eigenvalue weighted by Crippen LogP contribution is -2.10. The summed E-state index contributed by atoms with van der Waals surface area (Å²) in [4.78, 5) is 13.2. The second kappa shape index (κ2) is 6.00. The number of ether oxygens (including phenoxy) is 1. The predicted octanol–water partition coefficient (Wildman–Crippen LogP) is 3.92. The van der Waals surface area contributed by atoms with Gasteiger partial charge in [0.1, 0.15) is 5.75 Å². The average molecular weight is 311 g/mol. The molecule has 5 heteroatoms. The number of hydrogen-bond acceptors (Lipinski definition) is 4. The summed E-state index contributed by atoms with van der Waals surface area (Å²) in [5.74, 6) is 0.495. The molecule has 1 aromatic rings. The third kappa shape index (κ3) is 2.72. The highest BCUT2D eigenvalue weighted by molar-refractivity contribution is 9.10. The molecule has 2 rings (SSSR count). The van der Waals surface area contributed by atoms with Crippen LogP contribution in [0.3, 0.4) is 0 Å². The summed E-state index contributed by atoms with van der Waals surface area (Å²) < 4.78 is 5.98. The monoisotopic (exact) mass is 310 g/mol. The maximum Gasteiger partial charge on any atom is 0.158 e. The number of benzene rings is 1. The standard InChI is InChI=1S/C13H15BrN2O2/c1-18-12-5-4-11(14)10(13(12)15-17)6-9-16-7-2-3-8-16/h4-6,9H,2-3,7-8H2,1H3/b9-6+. The Balaban J connectivity index is 2.32. The third-order valence-corrected chi connectivity index (χ3v) is 3.72. The summed E-state index contributed by atoms with van der Waals surface area (Å²) in [7, 11) is 1.53. The Hall–Kier alpha value is -1.36. The fourth-order valence-corrected chi connectivity index (χ4v) is 2.50. The summed E-state index contributed by atoms with van der Waals surface area (Å²) in [5, 5.41) is 3.07. The molecule has 1 aromatic carbocycles. The molecule has 0 atom stereocenters. The number of rotatable bonds is 4. The van der Waals surface area contributed by atoms with Crippen LogP contribution in [0.2, 0.25) is 0 Å². The van der Waals surface area contributed by atoms with Gasteiger partial charge in [0.2, 0.25) is 0 Å². The first kappa shape index (κ1) is 13.1. The van der Waals surface area contributed by atoms with E-state index in [0.29, 0.717) is 11.4 Å². The van der Waals surface area contributed by atoms with Crippen molar-refractivity contribution in [2.45, 2.75) is 12.8 Å². The van der Waals surface area contributed by atoms with Crippen molar-refractivity contribution in [1.82, 2.24) is 4.90 Å². The van der Waals surface area contributed by atoms with Crippen LogP contribution in [-0.2, 0) is 0 Å². The largest absolute Gasteiger partial charge is 0.494 e. The first-order valence-electron chi connectivity index (χ1n) is 5.88. The van der Waals surface area contributed by atoms with Gasteiger partial charge in [-0.2, -0.15) is 0 Å². The Bertz CT molecular complexity index is 468. The maximum atomic E-state index is 11.0. The summed E-state index contributed by atoms with van der Waals surface area (Å²) in [5.41, 5.74) is 1.10. The Morgan fingerprint density at radius 2 is 2.11 bits per heavy atom. The van der Waals surface area contributed by atoms with Gasteiger partial charge in [0.15, 0.2) is 5.69 Å². The van der Waals surface area contributed by atoms with Crippen LogP contribution in [0.4, 0.5) is 5.69 Å². The van der Waals surface area contributed by atoms with E-state index in [1.54, 1.807) is 6.07 Å². The molecule has 0 bridgehead atoms. The second-order valence-corrected chi connectivity index (χ2v) is 5.02. The lowest BCUT2D eigenvalue weighted by atomic mass is 10.1. The van der Waals surface area contributed by atoms with E-state index in [0.717, 1.165) is 23.1 Å². The van der Waals surface area contributed by atoms with Gasteiger partial charge in [-0.05, 0) is 42.4 Å². The quantitative estimate of drug-likeness (QED) is 0.791. The fraction of sp³-hybridized carbons (Fsp3) is 0.385. The molecular formula is C13H15BrN2O2. The molecule has 1 fully saturated rings. The highest BCUT2D eigenvalue weighted by Gasteiger charge is 2.12. The Labute approximate surface area is 115 Å². The van der Waals surface area contributed by atoms with E-state index in [1.165, 1.54) is 20.0 Å². The van der Waals surface area contributed by atoms with E-state index in [2.05, 4.69) is 26.0 Å². The van der Waals surface area contributed by atoms with Gasteiger partial charge in [0, 0.05) is 23.1 Å². The van der Waals surface area contributed by atoms with E-state index in [4.69, 9.17) is 4.74 Å². The van der Waals surface area contributed by atoms with Gasteiger partial charge in [0.25, 0.3) is 0 Å². The third-order valence-electron chi connectivity index (χ3n) is 3.03. The zero-order valence-electron chi connectivity index (χ0n) is 10.2. The van der Waals surface area contributed by atoms with Crippen LogP contribution in [0.15, 0.2) is 28.0 Å². The number of nitrogens with zero attached hydrogens (tertiary/aromatic N) is 2. The highest BCUT2D eigenvalue weighted by Crippen LogP contribution is 2.37. The van der Waals surface area contributed by atoms with Crippen molar-refractivity contribution in [3.8, 4) is 5.75 Å². The van der Waals surface area contributed by atoms with E-state index in [1.807, 2.05) is 18.3 Å². The van der Waals surface area contributed by atoms with E-state index < -0.39 is 0 Å². The second-order valence-electron chi connectivity index (χ2n) is 4.16. The topological polar surface area (TPSA) is 41.9 Å². The van der Waals surface area contributed by atoms with Crippen LogP contribution in [-0.4, -0.2) is 25.1 Å². The SMILES string of the molecule is COc1ccc(Br)c(/C=C/N2CCCC2)c1N=O. The highest BCUT2D eigenvalue weighted by atomic mass is 79.9. The molecule has 0 spiro atoms. The molecule has 4 nitrogen and oxygen atoms in total. The minimum Gasteiger partial charge on any atom is -0.494 e. The van der Waals surface area contributed by atoms with E-state index >= 15 is 0 Å². The van der Waals surface area contributed by atoms with E-state index in [9.17, 15) is 4.91 Å². The van der Waals surface area contributed by atoms with Crippen LogP contribution in [0.5, 0.6) is 5.75 Å². The molecule has 0 aromatic heterocycles. The minimum absolute atomic E-state index is 0.335. The van der Waals surface area contributed by atoms with Crippen LogP contribution in [0.25, 0.3) is 6.08 Å². The smallest absolute Gasteiger partial charge is 0.158 e. The molecule has 0 radical (unpaired) electrons. The van der Waals surface area contributed by atoms with Crippen molar-refractivity contribution in [2.75, 3.05) is 20.2 Å². The Morgan fingerprint density at radius 3 is 2.72 bits per heavy atom. The summed E-state index contributed by atoms with van der Waals surface area (Å²) in [6.07, 6.45) is 6.38.